The number of hydrogen-bond acceptors (Lipinski definition) is 7. The average molecular weight is 303 g/mol. The summed E-state index contributed by atoms with van der Waals surface area (Å²) >= 11 is 0. The number of morpholine rings is 1. The molecule has 1 amide bonds. The van der Waals surface area contributed by atoms with Gasteiger partial charge in [0.05, 0.1) is 18.8 Å². The van der Waals surface area contributed by atoms with Crippen molar-refractivity contribution in [3.05, 3.63) is 35.1 Å². The van der Waals surface area contributed by atoms with Crippen molar-refractivity contribution in [3.63, 3.8) is 0 Å². The van der Waals surface area contributed by atoms with Gasteiger partial charge in [-0.15, -0.1) is 0 Å². The number of aromatic nitrogens is 3. The lowest BCUT2D eigenvalue weighted by molar-refractivity contribution is -0.0245. The fourth-order valence-electron chi connectivity index (χ4n) is 2.55. The minimum Gasteiger partial charge on any atom is -0.382 e. The van der Waals surface area contributed by atoms with Crippen LogP contribution >= 0.6 is 0 Å². The zero-order valence-corrected chi connectivity index (χ0v) is 12.4. The van der Waals surface area contributed by atoms with Crippen LogP contribution in [0.1, 0.15) is 33.6 Å². The van der Waals surface area contributed by atoms with Crippen LogP contribution in [0.4, 0.5) is 5.82 Å². The van der Waals surface area contributed by atoms with Gasteiger partial charge < -0.3 is 19.9 Å². The number of hydrogen-bond donors (Lipinski definition) is 1. The largest absolute Gasteiger partial charge is 0.382 e. The number of aryl methyl sites for hydroxylation is 2. The lowest BCUT2D eigenvalue weighted by Gasteiger charge is -2.32. The molecule has 1 aliphatic heterocycles. The number of ether oxygens (including phenoxy) is 1. The summed E-state index contributed by atoms with van der Waals surface area (Å²) in [5, 5.41) is 3.83. The van der Waals surface area contributed by atoms with Gasteiger partial charge in [0.15, 0.2) is 0 Å². The lowest BCUT2D eigenvalue weighted by atomic mass is 10.1. The van der Waals surface area contributed by atoms with Crippen LogP contribution in [0, 0.1) is 13.8 Å². The first-order valence-corrected chi connectivity index (χ1v) is 6.98. The number of nitrogens with two attached hydrogens (primary N) is 1. The lowest BCUT2D eigenvalue weighted by Crippen LogP contribution is -2.43. The van der Waals surface area contributed by atoms with Crippen molar-refractivity contribution >= 4 is 11.7 Å². The Morgan fingerprint density at radius 2 is 2.14 bits per heavy atom. The maximum absolute atomic E-state index is 12.7. The molecule has 0 aromatic carbocycles. The molecule has 1 fully saturated rings. The highest BCUT2D eigenvalue weighted by atomic mass is 16.5. The van der Waals surface area contributed by atoms with Crippen molar-refractivity contribution in [1.29, 1.82) is 0 Å². The van der Waals surface area contributed by atoms with E-state index in [1.807, 2.05) is 0 Å². The Bertz CT molecular complexity index is 680. The van der Waals surface area contributed by atoms with Gasteiger partial charge in [-0.2, -0.15) is 0 Å². The summed E-state index contributed by atoms with van der Waals surface area (Å²) < 4.78 is 10.8. The van der Waals surface area contributed by atoms with E-state index in [4.69, 9.17) is 15.0 Å². The van der Waals surface area contributed by atoms with Gasteiger partial charge in [0.1, 0.15) is 28.9 Å². The van der Waals surface area contributed by atoms with Crippen molar-refractivity contribution < 1.29 is 14.1 Å². The van der Waals surface area contributed by atoms with E-state index in [9.17, 15) is 4.79 Å². The van der Waals surface area contributed by atoms with Crippen molar-refractivity contribution in [1.82, 2.24) is 20.0 Å². The van der Waals surface area contributed by atoms with Crippen molar-refractivity contribution in [2.24, 2.45) is 0 Å². The number of amides is 1. The van der Waals surface area contributed by atoms with Crippen LogP contribution in [0.15, 0.2) is 16.9 Å². The van der Waals surface area contributed by atoms with Crippen LogP contribution in [-0.2, 0) is 4.74 Å². The molecule has 3 rings (SSSR count). The number of nitrogens with zero attached hydrogens (tertiary/aromatic N) is 4. The van der Waals surface area contributed by atoms with Gasteiger partial charge in [-0.05, 0) is 13.8 Å². The Hall–Kier alpha value is -2.48. The zero-order valence-electron chi connectivity index (χ0n) is 12.4. The molecule has 1 saturated heterocycles. The van der Waals surface area contributed by atoms with E-state index in [1.165, 1.54) is 6.20 Å². The van der Waals surface area contributed by atoms with E-state index in [0.717, 1.165) is 0 Å². The second-order valence-corrected chi connectivity index (χ2v) is 5.14. The van der Waals surface area contributed by atoms with E-state index in [-0.39, 0.29) is 12.0 Å². The highest BCUT2D eigenvalue weighted by Gasteiger charge is 2.31. The second kappa shape index (κ2) is 5.72. The number of rotatable bonds is 2. The predicted molar refractivity (Wildman–Crippen MR) is 77.0 cm³/mol. The molecule has 116 valence electrons. The Morgan fingerprint density at radius 3 is 2.82 bits per heavy atom. The standard InChI is InChI=1S/C14H17N5O3/c1-8-11(9(2)22-18-8)14(20)19-5-6-21-10(7-19)12-13(15)17-4-3-16-12/h3-4,10H,5-7H2,1-2H3,(H2,15,17)/t10-/m0/s1. The maximum atomic E-state index is 12.7. The van der Waals surface area contributed by atoms with E-state index in [0.29, 0.717) is 48.2 Å². The summed E-state index contributed by atoms with van der Waals surface area (Å²) in [5.41, 5.74) is 7.48. The number of carbonyl (C=O) groups excluding carboxylic acids is 1. The third kappa shape index (κ3) is 2.52. The average Bonchev–Trinajstić information content (AvgIpc) is 2.86. The number of nitrogen functional groups attached to an aromatic ring is 1. The van der Waals surface area contributed by atoms with Crippen LogP contribution in [-0.4, -0.2) is 45.6 Å². The van der Waals surface area contributed by atoms with E-state index in [2.05, 4.69) is 15.1 Å². The molecular formula is C14H17N5O3. The highest BCUT2D eigenvalue weighted by molar-refractivity contribution is 5.96. The molecule has 0 unspecified atom stereocenters. The molecule has 8 heteroatoms. The summed E-state index contributed by atoms with van der Waals surface area (Å²) in [5.74, 6) is 0.718. The zero-order chi connectivity index (χ0) is 15.7. The Morgan fingerprint density at radius 1 is 1.36 bits per heavy atom. The van der Waals surface area contributed by atoms with Crippen molar-refractivity contribution in [3.8, 4) is 0 Å². The minimum atomic E-state index is -0.383. The molecule has 22 heavy (non-hydrogen) atoms. The van der Waals surface area contributed by atoms with Gasteiger partial charge >= 0.3 is 0 Å². The molecule has 1 atom stereocenters. The molecule has 0 bridgehead atoms. The normalized spacial score (nSPS) is 18.5. The first kappa shape index (κ1) is 14.5. The van der Waals surface area contributed by atoms with Gasteiger partial charge in [0.2, 0.25) is 0 Å². The molecular weight excluding hydrogens is 286 g/mol. The summed E-state index contributed by atoms with van der Waals surface area (Å²) in [6.07, 6.45) is 2.70. The van der Waals surface area contributed by atoms with Crippen LogP contribution in [0.3, 0.4) is 0 Å². The monoisotopic (exact) mass is 303 g/mol. The van der Waals surface area contributed by atoms with E-state index < -0.39 is 0 Å². The second-order valence-electron chi connectivity index (χ2n) is 5.14. The molecule has 3 heterocycles. The summed E-state index contributed by atoms with van der Waals surface area (Å²) in [6, 6.07) is 0. The molecule has 2 N–H and O–H groups in total. The first-order valence-electron chi connectivity index (χ1n) is 6.98. The molecule has 1 aliphatic rings. The maximum Gasteiger partial charge on any atom is 0.259 e. The minimum absolute atomic E-state index is 0.119. The van der Waals surface area contributed by atoms with Crippen molar-refractivity contribution in [2.75, 3.05) is 25.4 Å². The van der Waals surface area contributed by atoms with Crippen LogP contribution in [0.2, 0.25) is 0 Å². The Labute approximate surface area is 127 Å². The summed E-state index contributed by atoms with van der Waals surface area (Å²) in [7, 11) is 0. The number of anilines is 1. The van der Waals surface area contributed by atoms with Gasteiger partial charge in [0.25, 0.3) is 5.91 Å². The summed E-state index contributed by atoms with van der Waals surface area (Å²) in [4.78, 5) is 22.6. The molecule has 0 radical (unpaired) electrons. The predicted octanol–water partition coefficient (Wildman–Crippen LogP) is 0.877. The molecule has 2 aromatic heterocycles. The van der Waals surface area contributed by atoms with E-state index in [1.54, 1.807) is 24.9 Å². The van der Waals surface area contributed by atoms with Gasteiger partial charge in [-0.3, -0.25) is 9.78 Å². The SMILES string of the molecule is Cc1noc(C)c1C(=O)N1CCO[C@H](c2nccnc2N)C1. The Balaban J connectivity index is 1.82. The van der Waals surface area contributed by atoms with Gasteiger partial charge in [0, 0.05) is 18.9 Å². The third-order valence-corrected chi connectivity index (χ3v) is 3.66. The molecule has 0 aliphatic carbocycles. The van der Waals surface area contributed by atoms with E-state index >= 15 is 0 Å². The fraction of sp³-hybridized carbons (Fsp3) is 0.429. The van der Waals surface area contributed by atoms with Gasteiger partial charge in [-0.25, -0.2) is 4.98 Å². The van der Waals surface area contributed by atoms with Crippen LogP contribution in [0.5, 0.6) is 0 Å². The molecule has 0 saturated carbocycles. The number of carbonyl (C=O) groups is 1. The topological polar surface area (TPSA) is 107 Å². The first-order chi connectivity index (χ1) is 10.6. The quantitative estimate of drug-likeness (QED) is 0.877. The molecule has 8 nitrogen and oxygen atoms in total. The van der Waals surface area contributed by atoms with Crippen molar-refractivity contribution in [2.45, 2.75) is 20.0 Å². The molecule has 0 spiro atoms. The molecule has 2 aromatic rings. The smallest absolute Gasteiger partial charge is 0.259 e. The van der Waals surface area contributed by atoms with Crippen LogP contribution in [0.25, 0.3) is 0 Å². The third-order valence-electron chi connectivity index (χ3n) is 3.66. The highest BCUT2D eigenvalue weighted by Crippen LogP contribution is 2.25. The fourth-order valence-corrected chi connectivity index (χ4v) is 2.55. The van der Waals surface area contributed by atoms with Gasteiger partial charge in [-0.1, -0.05) is 5.16 Å². The van der Waals surface area contributed by atoms with Crippen LogP contribution < -0.4 is 5.73 Å². The Kier molecular flexibility index (Phi) is 3.76. The summed E-state index contributed by atoms with van der Waals surface area (Å²) in [6.45, 7) is 4.76.